The maximum absolute atomic E-state index is 11.9. The van der Waals surface area contributed by atoms with Gasteiger partial charge >= 0.3 is 0 Å². The largest absolute Gasteiger partial charge is 0.380 e. The number of halogens is 1. The Morgan fingerprint density at radius 3 is 1.67 bits per heavy atom. The second kappa shape index (κ2) is 3.61. The number of fused-ring (bicyclic) bond motifs is 1. The van der Waals surface area contributed by atoms with Gasteiger partial charge in [-0.2, -0.15) is 0 Å². The molecule has 2 aromatic carbocycles. The molecule has 1 N–H and O–H groups in total. The zero-order valence-corrected chi connectivity index (χ0v) is 13.3. The number of alkyl halides is 1. The van der Waals surface area contributed by atoms with E-state index < -0.39 is 5.60 Å². The van der Waals surface area contributed by atoms with Crippen LogP contribution in [-0.2, 0) is 5.60 Å². The smallest absolute Gasteiger partial charge is 0.122 e. The fourth-order valence-electron chi connectivity index (χ4n) is 5.51. The van der Waals surface area contributed by atoms with E-state index in [2.05, 4.69) is 40.2 Å². The van der Waals surface area contributed by atoms with Gasteiger partial charge in [0.1, 0.15) is 5.60 Å². The molecule has 4 aliphatic rings. The molecule has 4 aliphatic carbocycles. The molecule has 0 spiro atoms. The fourth-order valence-corrected chi connectivity index (χ4v) is 7.30. The molecule has 21 heavy (non-hydrogen) atoms. The van der Waals surface area contributed by atoms with E-state index in [0.29, 0.717) is 11.8 Å². The summed E-state index contributed by atoms with van der Waals surface area (Å²) < 4.78 is 0.195. The van der Waals surface area contributed by atoms with Crippen LogP contribution >= 0.6 is 15.9 Å². The molecule has 106 valence electrons. The highest BCUT2D eigenvalue weighted by atomic mass is 79.9. The molecule has 2 aromatic rings. The van der Waals surface area contributed by atoms with E-state index in [1.807, 2.05) is 36.4 Å². The van der Waals surface area contributed by atoms with Crippen molar-refractivity contribution in [2.24, 2.45) is 17.3 Å². The third-order valence-electron chi connectivity index (χ3n) is 6.31. The lowest BCUT2D eigenvalue weighted by Crippen LogP contribution is -2.36. The standard InChI is InChI=1S/C19H17BrO/c20-18-15-11-12-16(18)17(15,18)19(21,13-7-3-1-4-8-13)14-9-5-2-6-10-14/h1-10,15-16,21H,11-12H2. The molecule has 0 saturated heterocycles. The van der Waals surface area contributed by atoms with E-state index in [1.165, 1.54) is 12.8 Å². The van der Waals surface area contributed by atoms with Crippen LogP contribution in [0.5, 0.6) is 0 Å². The summed E-state index contributed by atoms with van der Waals surface area (Å²) in [5.41, 5.74) is 1.21. The van der Waals surface area contributed by atoms with Gasteiger partial charge in [-0.25, -0.2) is 0 Å². The Balaban J connectivity index is 1.74. The van der Waals surface area contributed by atoms with Crippen LogP contribution in [0.4, 0.5) is 0 Å². The van der Waals surface area contributed by atoms with Crippen LogP contribution in [0.15, 0.2) is 60.7 Å². The topological polar surface area (TPSA) is 20.2 Å². The first-order chi connectivity index (χ1) is 10.2. The summed E-state index contributed by atoms with van der Waals surface area (Å²) in [4.78, 5) is 0. The van der Waals surface area contributed by atoms with Crippen molar-refractivity contribution in [1.29, 1.82) is 0 Å². The summed E-state index contributed by atoms with van der Waals surface area (Å²) in [7, 11) is 0. The Morgan fingerprint density at radius 2 is 1.29 bits per heavy atom. The van der Waals surface area contributed by atoms with E-state index >= 15 is 0 Å². The normalized spacial score (nSPS) is 39.0. The highest BCUT2D eigenvalue weighted by molar-refractivity contribution is 9.10. The number of benzene rings is 2. The zero-order chi connectivity index (χ0) is 14.3. The SMILES string of the molecule is OC(c1ccccc1)(c1ccccc1)C12C3CCC1C32Br. The van der Waals surface area contributed by atoms with Gasteiger partial charge in [0.2, 0.25) is 0 Å². The Hall–Kier alpha value is -1.12. The predicted octanol–water partition coefficient (Wildman–Crippen LogP) is 4.10. The van der Waals surface area contributed by atoms with Gasteiger partial charge in [-0.1, -0.05) is 76.6 Å². The van der Waals surface area contributed by atoms with Crippen LogP contribution in [0.3, 0.4) is 0 Å². The number of hydrogen-bond donors (Lipinski definition) is 1. The Labute approximate surface area is 133 Å². The summed E-state index contributed by atoms with van der Waals surface area (Å²) in [6.07, 6.45) is 2.50. The lowest BCUT2D eigenvalue weighted by Gasteiger charge is -2.34. The quantitative estimate of drug-likeness (QED) is 0.834. The molecule has 2 unspecified atom stereocenters. The maximum Gasteiger partial charge on any atom is 0.122 e. The van der Waals surface area contributed by atoms with Crippen molar-refractivity contribution in [3.05, 3.63) is 71.8 Å². The van der Waals surface area contributed by atoms with Gasteiger partial charge in [0.05, 0.1) is 0 Å². The molecule has 6 rings (SSSR count). The molecular weight excluding hydrogens is 324 g/mol. The van der Waals surface area contributed by atoms with Crippen LogP contribution in [0, 0.1) is 17.3 Å². The average molecular weight is 341 g/mol. The fraction of sp³-hybridized carbons (Fsp3) is 0.368. The number of rotatable bonds is 3. The van der Waals surface area contributed by atoms with Crippen molar-refractivity contribution >= 4 is 15.9 Å². The molecule has 0 radical (unpaired) electrons. The summed E-state index contributed by atoms with van der Waals surface area (Å²) in [6.45, 7) is 0. The molecule has 1 nitrogen and oxygen atoms in total. The first-order valence-electron chi connectivity index (χ1n) is 7.71. The van der Waals surface area contributed by atoms with Gasteiger partial charge in [-0.15, -0.1) is 0 Å². The van der Waals surface area contributed by atoms with Crippen LogP contribution in [0.1, 0.15) is 24.0 Å². The average Bonchev–Trinajstić information content (AvgIpc) is 3.08. The van der Waals surface area contributed by atoms with Gasteiger partial charge < -0.3 is 5.11 Å². The van der Waals surface area contributed by atoms with Crippen molar-refractivity contribution < 1.29 is 5.11 Å². The third kappa shape index (κ3) is 1.10. The Morgan fingerprint density at radius 1 is 0.857 bits per heavy atom. The van der Waals surface area contributed by atoms with E-state index in [9.17, 15) is 5.11 Å². The molecule has 2 heteroatoms. The van der Waals surface area contributed by atoms with Crippen LogP contribution in [0.25, 0.3) is 0 Å². The van der Waals surface area contributed by atoms with Gasteiger partial charge in [0, 0.05) is 9.74 Å². The maximum atomic E-state index is 11.9. The van der Waals surface area contributed by atoms with Crippen LogP contribution in [-0.4, -0.2) is 9.43 Å². The molecule has 4 saturated carbocycles. The van der Waals surface area contributed by atoms with Crippen molar-refractivity contribution in [3.63, 3.8) is 0 Å². The molecule has 0 aliphatic heterocycles. The minimum atomic E-state index is -0.870. The third-order valence-corrected chi connectivity index (χ3v) is 8.07. The van der Waals surface area contributed by atoms with Gasteiger partial charge in [0.25, 0.3) is 0 Å². The molecule has 0 amide bonds. The Bertz CT molecular complexity index is 657. The van der Waals surface area contributed by atoms with E-state index in [-0.39, 0.29) is 9.74 Å². The first-order valence-corrected chi connectivity index (χ1v) is 8.50. The van der Waals surface area contributed by atoms with Crippen LogP contribution in [0.2, 0.25) is 0 Å². The molecule has 0 heterocycles. The van der Waals surface area contributed by atoms with Gasteiger partial charge in [-0.3, -0.25) is 0 Å². The molecule has 2 bridgehead atoms. The monoisotopic (exact) mass is 340 g/mol. The molecular formula is C19H17BrO. The summed E-state index contributed by atoms with van der Waals surface area (Å²) in [6, 6.07) is 20.5. The van der Waals surface area contributed by atoms with Crippen molar-refractivity contribution in [2.75, 3.05) is 0 Å². The van der Waals surface area contributed by atoms with Crippen molar-refractivity contribution in [2.45, 2.75) is 22.8 Å². The van der Waals surface area contributed by atoms with E-state index in [4.69, 9.17) is 0 Å². The minimum absolute atomic E-state index is 0.0166. The Kier molecular flexibility index (Phi) is 2.14. The molecule has 0 aromatic heterocycles. The first kappa shape index (κ1) is 12.4. The van der Waals surface area contributed by atoms with Crippen LogP contribution < -0.4 is 0 Å². The number of hydrogen-bond acceptors (Lipinski definition) is 1. The second-order valence-electron chi connectivity index (χ2n) is 6.76. The van der Waals surface area contributed by atoms with Crippen molar-refractivity contribution in [1.82, 2.24) is 0 Å². The lowest BCUT2D eigenvalue weighted by molar-refractivity contribution is 0.0146. The highest BCUT2D eigenvalue weighted by Gasteiger charge is 3.04. The molecule has 4 fully saturated rings. The predicted molar refractivity (Wildman–Crippen MR) is 86.2 cm³/mol. The summed E-state index contributed by atoms with van der Waals surface area (Å²) in [5, 5.41) is 11.9. The van der Waals surface area contributed by atoms with Gasteiger partial charge in [-0.05, 0) is 35.8 Å². The lowest BCUT2D eigenvalue weighted by atomic mass is 9.75. The highest BCUT2D eigenvalue weighted by Crippen LogP contribution is 3.01. The molecule has 2 atom stereocenters. The minimum Gasteiger partial charge on any atom is -0.380 e. The summed E-state index contributed by atoms with van der Waals surface area (Å²) in [5.74, 6) is 1.25. The zero-order valence-electron chi connectivity index (χ0n) is 11.7. The summed E-state index contributed by atoms with van der Waals surface area (Å²) >= 11 is 3.98. The van der Waals surface area contributed by atoms with Gasteiger partial charge in [0.15, 0.2) is 0 Å². The second-order valence-corrected chi connectivity index (χ2v) is 8.07. The van der Waals surface area contributed by atoms with Crippen molar-refractivity contribution in [3.8, 4) is 0 Å². The van der Waals surface area contributed by atoms with E-state index in [1.54, 1.807) is 0 Å². The van der Waals surface area contributed by atoms with E-state index in [0.717, 1.165) is 11.1 Å². The number of aliphatic hydroxyl groups is 1.